The van der Waals surface area contributed by atoms with Gasteiger partial charge >= 0.3 is 0 Å². The van der Waals surface area contributed by atoms with Crippen LogP contribution < -0.4 is 31.1 Å². The molecule has 2 aliphatic rings. The lowest BCUT2D eigenvalue weighted by molar-refractivity contribution is 0.329. The molecule has 0 bridgehead atoms. The van der Waals surface area contributed by atoms with Crippen LogP contribution >= 0.6 is 0 Å². The van der Waals surface area contributed by atoms with E-state index in [0.29, 0.717) is 11.4 Å². The van der Waals surface area contributed by atoms with Crippen molar-refractivity contribution in [1.29, 1.82) is 0 Å². The Bertz CT molecular complexity index is 5350. The highest BCUT2D eigenvalue weighted by Crippen LogP contribution is 2.59. The zero-order valence-corrected chi connectivity index (χ0v) is 52.8. The van der Waals surface area contributed by atoms with Crippen molar-refractivity contribution in [2.75, 3.05) is 14.7 Å². The molecule has 0 unspecified atom stereocenters. The molecule has 0 fully saturated rings. The van der Waals surface area contributed by atoms with Crippen LogP contribution in [0.4, 0.5) is 51.2 Å². The second-order valence-electron chi connectivity index (χ2n) is 27.0. The maximum Gasteiger partial charge on any atom is 0.252 e. The van der Waals surface area contributed by atoms with E-state index in [-0.39, 0.29) is 23.2 Å². The highest BCUT2D eigenvalue weighted by atomic mass is 16.4. The number of hydrogen-bond acceptors (Lipinski definition) is 10. The summed E-state index contributed by atoms with van der Waals surface area (Å²) in [6, 6.07) is 78.5. The molecule has 16 rings (SSSR count). The maximum atomic E-state index is 12.0. The highest BCUT2D eigenvalue weighted by Gasteiger charge is 2.45. The first-order valence-electron chi connectivity index (χ1n) is 31.5. The number of rotatable bonds is 8. The molecule has 0 atom stereocenters. The van der Waals surface area contributed by atoms with Gasteiger partial charge in [-0.2, -0.15) is 0 Å². The van der Waals surface area contributed by atoms with E-state index in [9.17, 15) is 25.5 Å². The van der Waals surface area contributed by atoms with Crippen molar-refractivity contribution in [2.45, 2.75) is 66.2 Å². The molecule has 12 aromatic carbocycles. The molecule has 0 saturated heterocycles. The summed E-state index contributed by atoms with van der Waals surface area (Å²) in [7, 11) is 0. The molecule has 454 valence electrons. The molecule has 10 nitrogen and oxygen atoms in total. The maximum absolute atomic E-state index is 12.0. The van der Waals surface area contributed by atoms with Crippen LogP contribution in [0, 0.1) is 13.8 Å². The molecule has 93 heavy (non-hydrogen) atoms. The van der Waals surface area contributed by atoms with Crippen molar-refractivity contribution in [1.82, 2.24) is 0 Å². The van der Waals surface area contributed by atoms with Gasteiger partial charge in [0.25, 0.3) is 6.71 Å². The van der Waals surface area contributed by atoms with E-state index in [1.165, 1.54) is 0 Å². The molecular weight excluding hydrogens is 1150 g/mol. The SMILES string of the molecule is Cc1cc(-c2ccc3oc4ccccc4c3c2)cc(C)c1N1c2ccc(-c3ccccc3)cc2B2c3ccc(N(c4ccc(C(C)(C)C)cc4)c4c(O)c(O)c(O)c(O)c4O)cc3N(c3ccc(-c4ccc5c(c4)oc4ccccc45)cc3)c3cc(C(C)(C)C)cc1c32. The Morgan fingerprint density at radius 3 is 1.54 bits per heavy atom. The minimum absolute atomic E-state index is 0.220. The van der Waals surface area contributed by atoms with Crippen LogP contribution in [0.15, 0.2) is 233 Å². The number of phenols is 5. The van der Waals surface area contributed by atoms with Gasteiger partial charge in [-0.3, -0.25) is 0 Å². The number of aryl methyl sites for hydroxylation is 2. The lowest BCUT2D eigenvalue weighted by atomic mass is 9.33. The predicted molar refractivity (Wildman–Crippen MR) is 381 cm³/mol. The average molecular weight is 1220 g/mol. The third kappa shape index (κ3) is 9.08. The van der Waals surface area contributed by atoms with Gasteiger partial charge in [-0.15, -0.1) is 0 Å². The molecule has 0 aliphatic carbocycles. The fourth-order valence-electron chi connectivity index (χ4n) is 14.4. The minimum Gasteiger partial charge on any atom is -0.503 e. The van der Waals surface area contributed by atoms with Crippen LogP contribution in [0.2, 0.25) is 0 Å². The third-order valence-electron chi connectivity index (χ3n) is 19.1. The number of benzene rings is 12. The topological polar surface area (TPSA) is 137 Å². The molecule has 2 aromatic heterocycles. The lowest BCUT2D eigenvalue weighted by Gasteiger charge is -2.46. The van der Waals surface area contributed by atoms with Gasteiger partial charge in [0, 0.05) is 61.4 Å². The largest absolute Gasteiger partial charge is 0.503 e. The molecule has 2 aliphatic heterocycles. The zero-order chi connectivity index (χ0) is 64.1. The van der Waals surface area contributed by atoms with Crippen molar-refractivity contribution < 1.29 is 34.4 Å². The number of nitrogens with zero attached hydrogens (tertiary/aromatic N) is 3. The highest BCUT2D eigenvalue weighted by molar-refractivity contribution is 7.00. The monoisotopic (exact) mass is 1220 g/mol. The summed E-state index contributed by atoms with van der Waals surface area (Å²) in [5, 5.41) is 61.7. The molecule has 11 heteroatoms. The van der Waals surface area contributed by atoms with Crippen molar-refractivity contribution in [3.8, 4) is 62.1 Å². The molecular formula is C82H66BN3O7. The third-order valence-corrected chi connectivity index (χ3v) is 19.1. The number of phenolic OH excluding ortho intramolecular Hbond substituents is 5. The van der Waals surface area contributed by atoms with Gasteiger partial charge in [-0.05, 0) is 200 Å². The zero-order valence-electron chi connectivity index (χ0n) is 52.8. The summed E-state index contributed by atoms with van der Waals surface area (Å²) in [5.41, 5.74) is 23.2. The molecule has 0 spiro atoms. The Morgan fingerprint density at radius 1 is 0.355 bits per heavy atom. The number of furan rings is 2. The first kappa shape index (κ1) is 56.9. The summed E-state index contributed by atoms with van der Waals surface area (Å²) >= 11 is 0. The van der Waals surface area contributed by atoms with Crippen molar-refractivity contribution in [3.63, 3.8) is 0 Å². The Balaban J connectivity index is 0.953. The molecule has 0 amide bonds. The van der Waals surface area contributed by atoms with Gasteiger partial charge in [-0.1, -0.05) is 163 Å². The molecule has 5 N–H and O–H groups in total. The van der Waals surface area contributed by atoms with Crippen LogP contribution in [0.3, 0.4) is 0 Å². The van der Waals surface area contributed by atoms with Crippen LogP contribution in [0.5, 0.6) is 28.7 Å². The van der Waals surface area contributed by atoms with E-state index in [1.807, 2.05) is 66.7 Å². The fraction of sp³-hybridized carbons (Fsp3) is 0.122. The first-order valence-corrected chi connectivity index (χ1v) is 31.5. The van der Waals surface area contributed by atoms with Crippen molar-refractivity contribution >= 4 is 118 Å². The van der Waals surface area contributed by atoms with Crippen LogP contribution in [-0.2, 0) is 10.8 Å². The molecule has 0 saturated carbocycles. The van der Waals surface area contributed by atoms with E-state index in [4.69, 9.17) is 8.83 Å². The van der Waals surface area contributed by atoms with E-state index < -0.39 is 28.7 Å². The van der Waals surface area contributed by atoms with Crippen LogP contribution in [0.1, 0.15) is 63.8 Å². The number of fused-ring (bicyclic) bond motifs is 10. The summed E-state index contributed by atoms with van der Waals surface area (Å²) in [6.45, 7) is 17.3. The second kappa shape index (κ2) is 20.9. The first-order chi connectivity index (χ1) is 44.8. The predicted octanol–water partition coefficient (Wildman–Crippen LogP) is 19.8. The van der Waals surface area contributed by atoms with Gasteiger partial charge in [0.15, 0.2) is 11.5 Å². The van der Waals surface area contributed by atoms with Gasteiger partial charge in [0.05, 0.1) is 5.69 Å². The van der Waals surface area contributed by atoms with Gasteiger partial charge in [-0.25, -0.2) is 0 Å². The normalized spacial score (nSPS) is 12.9. The number of aromatic hydroxyl groups is 5. The Morgan fingerprint density at radius 2 is 0.871 bits per heavy atom. The lowest BCUT2D eigenvalue weighted by Crippen LogP contribution is -2.61. The molecule has 0 radical (unpaired) electrons. The Hall–Kier alpha value is -11.3. The summed E-state index contributed by atoms with van der Waals surface area (Å²) in [4.78, 5) is 6.46. The summed E-state index contributed by atoms with van der Waals surface area (Å²) in [5.74, 6) is -4.64. The average Bonchev–Trinajstić information content (AvgIpc) is 1.28. The second-order valence-corrected chi connectivity index (χ2v) is 27.0. The standard InChI is InChI=1S/C82H66BN3O7/c1-46-38-53(50-26-37-71-62(40-50)60-19-13-15-21-70(60)92-71)39-47(2)74(46)86-65-36-25-51(48-16-10-9-11-17-48)41-64(65)83-63-35-33-58(84(56-31-27-54(28-32-56)81(3,4)5)75-76(87)78(89)80(91)79(90)77(75)88)45-66(63)85(67-43-55(82(6,7)8)44-68(86)73(67)83)57-29-22-49(23-30-57)52-24-34-61-59-18-12-14-20-69(59)93-72(61)42-52/h9-45,87-91H,1-8H3. The molecule has 4 heterocycles. The van der Waals surface area contributed by atoms with E-state index in [0.717, 1.165) is 150 Å². The summed E-state index contributed by atoms with van der Waals surface area (Å²) in [6.07, 6.45) is 0. The van der Waals surface area contributed by atoms with E-state index >= 15 is 0 Å². The Kier molecular flexibility index (Phi) is 12.8. The van der Waals surface area contributed by atoms with Gasteiger partial charge < -0.3 is 49.1 Å². The number of anilines is 9. The molecule has 14 aromatic rings. The van der Waals surface area contributed by atoms with Gasteiger partial charge in [0.2, 0.25) is 17.2 Å². The number of para-hydroxylation sites is 2. The fourth-order valence-corrected chi connectivity index (χ4v) is 14.4. The minimum atomic E-state index is -1.04. The number of hydrogen-bond donors (Lipinski definition) is 5. The quantitative estimate of drug-likeness (QED) is 0.0568. The van der Waals surface area contributed by atoms with E-state index in [2.05, 4.69) is 223 Å². The van der Waals surface area contributed by atoms with E-state index in [1.54, 1.807) is 4.90 Å². The van der Waals surface area contributed by atoms with Crippen molar-refractivity contribution in [2.24, 2.45) is 0 Å². The van der Waals surface area contributed by atoms with Crippen LogP contribution in [0.25, 0.3) is 77.3 Å². The van der Waals surface area contributed by atoms with Crippen molar-refractivity contribution in [3.05, 3.63) is 247 Å². The van der Waals surface area contributed by atoms with Gasteiger partial charge in [0.1, 0.15) is 28.0 Å². The summed E-state index contributed by atoms with van der Waals surface area (Å²) < 4.78 is 12.7. The Labute approximate surface area is 539 Å². The smallest absolute Gasteiger partial charge is 0.252 e. The van der Waals surface area contributed by atoms with Crippen LogP contribution in [-0.4, -0.2) is 32.2 Å².